The molecule has 0 radical (unpaired) electrons. The largest absolute Gasteiger partial charge is 0.508 e. The summed E-state index contributed by atoms with van der Waals surface area (Å²) in [5.41, 5.74) is 4.70. The fourth-order valence-corrected chi connectivity index (χ4v) is 3.12. The lowest BCUT2D eigenvalue weighted by Crippen LogP contribution is -2.13. The van der Waals surface area contributed by atoms with Crippen molar-refractivity contribution in [3.8, 4) is 11.5 Å². The van der Waals surface area contributed by atoms with Gasteiger partial charge in [-0.1, -0.05) is 0 Å². The normalized spacial score (nSPS) is 11.3. The number of esters is 2. The Morgan fingerprint density at radius 1 is 0.931 bits per heavy atom. The van der Waals surface area contributed by atoms with Crippen molar-refractivity contribution in [1.29, 1.82) is 0 Å². The van der Waals surface area contributed by atoms with E-state index in [0.29, 0.717) is 17.1 Å². The third-order valence-electron chi connectivity index (χ3n) is 4.51. The first-order valence-corrected chi connectivity index (χ1v) is 8.69. The summed E-state index contributed by atoms with van der Waals surface area (Å²) in [5, 5.41) is 12.5. The quantitative estimate of drug-likeness (QED) is 0.667. The molecule has 1 aliphatic rings. The van der Waals surface area contributed by atoms with Gasteiger partial charge >= 0.3 is 11.9 Å². The number of rotatable bonds is 3. The standard InChI is InChI=1S/C12H14O5.C9H11NO.BrH/c1-7-5-8(15-2)6-9(11(13)16-3)10(7)12(14)17-4;1-6-2-8(11)3-7-4-10-5-9(6)7;/h5-6H,1-4H3;2-3,10-11H,4-5H2,1H3;1H. The Hall–Kier alpha value is -2.58. The molecule has 0 atom stereocenters. The van der Waals surface area contributed by atoms with Crippen LogP contribution in [0.25, 0.3) is 0 Å². The van der Waals surface area contributed by atoms with Crippen molar-refractivity contribution < 1.29 is 28.9 Å². The van der Waals surface area contributed by atoms with Gasteiger partial charge in [-0.05, 0) is 60.4 Å². The molecule has 0 unspecified atom stereocenters. The maximum absolute atomic E-state index is 11.6. The second kappa shape index (κ2) is 10.8. The molecule has 0 amide bonds. The maximum atomic E-state index is 11.6. The Morgan fingerprint density at radius 2 is 1.59 bits per heavy atom. The van der Waals surface area contributed by atoms with Crippen LogP contribution in [0.3, 0.4) is 0 Å². The third-order valence-corrected chi connectivity index (χ3v) is 4.51. The number of nitrogens with one attached hydrogen (secondary N) is 1. The van der Waals surface area contributed by atoms with E-state index >= 15 is 0 Å². The summed E-state index contributed by atoms with van der Waals surface area (Å²) >= 11 is 0. The summed E-state index contributed by atoms with van der Waals surface area (Å²) in [6.45, 7) is 5.57. The van der Waals surface area contributed by atoms with Gasteiger partial charge in [0.25, 0.3) is 0 Å². The molecular formula is C21H26BrNO6. The van der Waals surface area contributed by atoms with Crippen molar-refractivity contribution in [2.45, 2.75) is 26.9 Å². The molecule has 1 aliphatic heterocycles. The molecule has 0 saturated carbocycles. The lowest BCUT2D eigenvalue weighted by atomic mass is 10.0. The van der Waals surface area contributed by atoms with Crippen molar-refractivity contribution in [2.75, 3.05) is 21.3 Å². The summed E-state index contributed by atoms with van der Waals surface area (Å²) in [7, 11) is 3.99. The first-order valence-electron chi connectivity index (χ1n) is 8.69. The van der Waals surface area contributed by atoms with Crippen molar-refractivity contribution in [1.82, 2.24) is 5.32 Å². The summed E-state index contributed by atoms with van der Waals surface area (Å²) in [6, 6.07) is 6.75. The van der Waals surface area contributed by atoms with Crippen LogP contribution in [-0.2, 0) is 22.6 Å². The molecule has 8 heteroatoms. The Labute approximate surface area is 180 Å². The highest BCUT2D eigenvalue weighted by atomic mass is 79.9. The van der Waals surface area contributed by atoms with Crippen molar-refractivity contribution in [3.05, 3.63) is 57.6 Å². The smallest absolute Gasteiger partial charge is 0.339 e. The van der Waals surface area contributed by atoms with Gasteiger partial charge in [-0.3, -0.25) is 0 Å². The number of benzene rings is 2. The monoisotopic (exact) mass is 467 g/mol. The summed E-state index contributed by atoms with van der Waals surface area (Å²) in [4.78, 5) is 23.2. The zero-order chi connectivity index (χ0) is 20.8. The predicted octanol–water partition coefficient (Wildman–Crippen LogP) is 3.46. The van der Waals surface area contributed by atoms with Crippen molar-refractivity contribution >= 4 is 28.9 Å². The van der Waals surface area contributed by atoms with Gasteiger partial charge < -0.3 is 24.6 Å². The van der Waals surface area contributed by atoms with Crippen LogP contribution in [0.4, 0.5) is 0 Å². The van der Waals surface area contributed by atoms with E-state index < -0.39 is 11.9 Å². The first kappa shape index (κ1) is 24.5. The molecule has 29 heavy (non-hydrogen) atoms. The predicted molar refractivity (Wildman–Crippen MR) is 114 cm³/mol. The molecule has 0 spiro atoms. The summed E-state index contributed by atoms with van der Waals surface area (Å²) in [6.07, 6.45) is 0. The SMILES string of the molecule is Br.COC(=O)c1cc(OC)cc(C)c1C(=O)OC.Cc1cc(O)cc2c1CNC2. The molecule has 0 bridgehead atoms. The Bertz CT molecular complexity index is 897. The van der Waals surface area contributed by atoms with Gasteiger partial charge in [-0.15, -0.1) is 17.0 Å². The highest BCUT2D eigenvalue weighted by Crippen LogP contribution is 2.25. The van der Waals surface area contributed by atoms with Gasteiger partial charge in [0.1, 0.15) is 11.5 Å². The lowest BCUT2D eigenvalue weighted by Gasteiger charge is -2.11. The molecule has 1 heterocycles. The van der Waals surface area contributed by atoms with E-state index in [-0.39, 0.29) is 28.1 Å². The average molecular weight is 468 g/mol. The molecule has 158 valence electrons. The molecule has 0 aliphatic carbocycles. The highest BCUT2D eigenvalue weighted by Gasteiger charge is 2.22. The fourth-order valence-electron chi connectivity index (χ4n) is 3.12. The molecule has 2 aromatic rings. The molecule has 0 aromatic heterocycles. The maximum Gasteiger partial charge on any atom is 0.339 e. The van der Waals surface area contributed by atoms with Crippen LogP contribution in [0.5, 0.6) is 11.5 Å². The number of aromatic hydroxyl groups is 1. The molecule has 7 nitrogen and oxygen atoms in total. The summed E-state index contributed by atoms with van der Waals surface area (Å²) < 4.78 is 14.3. The van der Waals surface area contributed by atoms with Gasteiger partial charge in [0.2, 0.25) is 0 Å². The third kappa shape index (κ3) is 5.71. The zero-order valence-corrected chi connectivity index (χ0v) is 18.8. The van der Waals surface area contributed by atoms with E-state index in [1.165, 1.54) is 44.1 Å². The molecule has 2 aromatic carbocycles. The minimum atomic E-state index is -0.604. The van der Waals surface area contributed by atoms with Crippen LogP contribution in [0.15, 0.2) is 24.3 Å². The Balaban J connectivity index is 0.000000302. The molecular weight excluding hydrogens is 442 g/mol. The van der Waals surface area contributed by atoms with E-state index in [0.717, 1.165) is 13.1 Å². The highest BCUT2D eigenvalue weighted by molar-refractivity contribution is 8.93. The fraction of sp³-hybridized carbons (Fsp3) is 0.333. The number of fused-ring (bicyclic) bond motifs is 1. The van der Waals surface area contributed by atoms with Gasteiger partial charge in [0, 0.05) is 13.1 Å². The number of halogens is 1. The summed E-state index contributed by atoms with van der Waals surface area (Å²) in [5.74, 6) is -0.321. The molecule has 3 rings (SSSR count). The number of carbonyl (C=O) groups excluding carboxylic acids is 2. The lowest BCUT2D eigenvalue weighted by molar-refractivity contribution is 0.0554. The minimum absolute atomic E-state index is 0. The molecule has 0 fully saturated rings. The van der Waals surface area contributed by atoms with Crippen molar-refractivity contribution in [2.24, 2.45) is 0 Å². The zero-order valence-electron chi connectivity index (χ0n) is 17.1. The van der Waals surface area contributed by atoms with Gasteiger partial charge in [-0.25, -0.2) is 9.59 Å². The minimum Gasteiger partial charge on any atom is -0.508 e. The van der Waals surface area contributed by atoms with Crippen molar-refractivity contribution in [3.63, 3.8) is 0 Å². The number of hydrogen-bond acceptors (Lipinski definition) is 7. The van der Waals surface area contributed by atoms with E-state index in [9.17, 15) is 14.7 Å². The number of carbonyl (C=O) groups is 2. The average Bonchev–Trinajstić information content (AvgIpc) is 3.15. The Morgan fingerprint density at radius 3 is 2.17 bits per heavy atom. The number of phenolic OH excluding ortho intramolecular Hbond substituents is 1. The molecule has 2 N–H and O–H groups in total. The first-order chi connectivity index (χ1) is 13.3. The van der Waals surface area contributed by atoms with Gasteiger partial charge in [-0.2, -0.15) is 0 Å². The number of aryl methyl sites for hydroxylation is 2. The van der Waals surface area contributed by atoms with Crippen LogP contribution in [0.2, 0.25) is 0 Å². The van der Waals surface area contributed by atoms with Crippen LogP contribution in [0, 0.1) is 13.8 Å². The Kier molecular flexibility index (Phi) is 9.13. The topological polar surface area (TPSA) is 94.1 Å². The number of phenols is 1. The van der Waals surface area contributed by atoms with Gasteiger partial charge in [0.15, 0.2) is 0 Å². The van der Waals surface area contributed by atoms with Crippen LogP contribution >= 0.6 is 17.0 Å². The molecule has 0 saturated heterocycles. The van der Waals surface area contributed by atoms with E-state index in [1.54, 1.807) is 13.0 Å². The van der Waals surface area contributed by atoms with Crippen LogP contribution in [0.1, 0.15) is 43.0 Å². The number of ether oxygens (including phenoxy) is 3. The van der Waals surface area contributed by atoms with Crippen LogP contribution < -0.4 is 10.1 Å². The van der Waals surface area contributed by atoms with E-state index in [1.807, 2.05) is 19.1 Å². The van der Waals surface area contributed by atoms with E-state index in [4.69, 9.17) is 4.74 Å². The van der Waals surface area contributed by atoms with Gasteiger partial charge in [0.05, 0.1) is 32.5 Å². The second-order valence-electron chi connectivity index (χ2n) is 6.35. The van der Waals surface area contributed by atoms with Crippen LogP contribution in [-0.4, -0.2) is 38.4 Å². The number of methoxy groups -OCH3 is 3. The van der Waals surface area contributed by atoms with E-state index in [2.05, 4.69) is 14.8 Å². The number of hydrogen-bond donors (Lipinski definition) is 2. The second-order valence-corrected chi connectivity index (χ2v) is 6.35.